The topological polar surface area (TPSA) is 45.8 Å². The van der Waals surface area contributed by atoms with Crippen LogP contribution in [0.4, 0.5) is 17.6 Å². The fourth-order valence-electron chi connectivity index (χ4n) is 1.50. The van der Waals surface area contributed by atoms with Gasteiger partial charge in [0.15, 0.2) is 0 Å². The molecule has 0 aliphatic rings. The fraction of sp³-hybridized carbons (Fsp3) is 0.0769. The molecule has 0 radical (unpaired) electrons. The number of hydrogen-bond donors (Lipinski definition) is 1. The maximum atomic E-state index is 13.3. The molecule has 2 aromatic rings. The Morgan fingerprint density at radius 1 is 1.15 bits per heavy atom. The second-order valence-corrected chi connectivity index (χ2v) is 3.88. The molecule has 0 saturated heterocycles. The smallest absolute Gasteiger partial charge is 0.302 e. The van der Waals surface area contributed by atoms with Gasteiger partial charge in [-0.1, -0.05) is 18.2 Å². The third-order valence-electron chi connectivity index (χ3n) is 2.41. The largest absolute Gasteiger partial charge is 0.431 e. The first-order chi connectivity index (χ1) is 9.36. The Labute approximate surface area is 110 Å². The molecule has 7 heteroatoms. The van der Waals surface area contributed by atoms with Crippen molar-refractivity contribution >= 4 is 12.2 Å². The van der Waals surface area contributed by atoms with Crippen molar-refractivity contribution in [3.63, 3.8) is 0 Å². The number of nitrogens with zero attached hydrogens (tertiary/aromatic N) is 1. The van der Waals surface area contributed by atoms with Gasteiger partial charge in [-0.3, -0.25) is 0 Å². The standard InChI is InChI=1S/C13H8F4N2O/c14-10-4-2-1-3-8(10)5-6-9-7-11(13(15,16)17)19-12(20)18-9/h1-7H,(H,18,19,20). The molecule has 1 heterocycles. The average molecular weight is 284 g/mol. The van der Waals surface area contributed by atoms with Gasteiger partial charge in [-0.2, -0.15) is 18.2 Å². The molecule has 1 aromatic carbocycles. The molecule has 0 saturated carbocycles. The van der Waals surface area contributed by atoms with E-state index >= 15 is 0 Å². The first kappa shape index (κ1) is 14.0. The molecular weight excluding hydrogens is 276 g/mol. The van der Waals surface area contributed by atoms with Crippen LogP contribution in [0.15, 0.2) is 35.1 Å². The zero-order valence-electron chi connectivity index (χ0n) is 9.91. The highest BCUT2D eigenvalue weighted by atomic mass is 19.4. The summed E-state index contributed by atoms with van der Waals surface area (Å²) in [4.78, 5) is 16.0. The Balaban J connectivity index is 2.37. The Morgan fingerprint density at radius 3 is 2.50 bits per heavy atom. The van der Waals surface area contributed by atoms with E-state index in [4.69, 9.17) is 0 Å². The van der Waals surface area contributed by atoms with Crippen molar-refractivity contribution < 1.29 is 17.6 Å². The van der Waals surface area contributed by atoms with Gasteiger partial charge in [0, 0.05) is 5.56 Å². The Hall–Kier alpha value is -2.44. The van der Waals surface area contributed by atoms with Crippen LogP contribution in [0.25, 0.3) is 12.2 Å². The minimum atomic E-state index is -4.68. The van der Waals surface area contributed by atoms with E-state index in [1.165, 1.54) is 24.3 Å². The van der Waals surface area contributed by atoms with E-state index in [-0.39, 0.29) is 11.3 Å². The molecule has 0 atom stereocenters. The zero-order valence-corrected chi connectivity index (χ0v) is 9.91. The van der Waals surface area contributed by atoms with Crippen LogP contribution in [0.1, 0.15) is 17.0 Å². The summed E-state index contributed by atoms with van der Waals surface area (Å²) in [5.41, 5.74) is -2.34. The molecule has 0 bridgehead atoms. The van der Waals surface area contributed by atoms with Crippen molar-refractivity contribution in [2.24, 2.45) is 0 Å². The molecule has 1 N–H and O–H groups in total. The first-order valence-electron chi connectivity index (χ1n) is 5.47. The molecule has 0 spiro atoms. The minimum Gasteiger partial charge on any atom is -0.302 e. The highest BCUT2D eigenvalue weighted by molar-refractivity contribution is 5.68. The maximum absolute atomic E-state index is 13.3. The van der Waals surface area contributed by atoms with E-state index in [1.807, 2.05) is 0 Å². The van der Waals surface area contributed by atoms with Crippen LogP contribution in [-0.2, 0) is 6.18 Å². The second-order valence-electron chi connectivity index (χ2n) is 3.88. The third kappa shape index (κ3) is 3.31. The molecule has 20 heavy (non-hydrogen) atoms. The van der Waals surface area contributed by atoms with E-state index in [0.717, 1.165) is 6.08 Å². The third-order valence-corrected chi connectivity index (χ3v) is 2.41. The normalized spacial score (nSPS) is 12.0. The van der Waals surface area contributed by atoms with Crippen molar-refractivity contribution in [3.05, 3.63) is 63.6 Å². The number of hydrogen-bond acceptors (Lipinski definition) is 2. The molecule has 0 fully saturated rings. The zero-order chi connectivity index (χ0) is 14.8. The molecule has 0 unspecified atom stereocenters. The van der Waals surface area contributed by atoms with Crippen molar-refractivity contribution in [2.75, 3.05) is 0 Å². The van der Waals surface area contributed by atoms with Gasteiger partial charge < -0.3 is 4.98 Å². The number of H-pyrrole nitrogens is 1. The van der Waals surface area contributed by atoms with Gasteiger partial charge in [0.1, 0.15) is 11.5 Å². The van der Waals surface area contributed by atoms with Gasteiger partial charge >= 0.3 is 11.9 Å². The van der Waals surface area contributed by atoms with E-state index < -0.39 is 23.4 Å². The number of halogens is 4. The van der Waals surface area contributed by atoms with Crippen molar-refractivity contribution in [1.82, 2.24) is 9.97 Å². The average Bonchev–Trinajstić information content (AvgIpc) is 2.36. The monoisotopic (exact) mass is 284 g/mol. The van der Waals surface area contributed by atoms with Gasteiger partial charge in [0.25, 0.3) is 0 Å². The predicted molar refractivity (Wildman–Crippen MR) is 65.2 cm³/mol. The Morgan fingerprint density at radius 2 is 1.85 bits per heavy atom. The van der Waals surface area contributed by atoms with E-state index in [1.54, 1.807) is 11.1 Å². The summed E-state index contributed by atoms with van der Waals surface area (Å²) in [6.45, 7) is 0. The Kier molecular flexibility index (Phi) is 3.69. The molecule has 3 nitrogen and oxygen atoms in total. The van der Waals surface area contributed by atoms with Gasteiger partial charge in [-0.25, -0.2) is 9.18 Å². The summed E-state index contributed by atoms with van der Waals surface area (Å²) in [6.07, 6.45) is -2.29. The second kappa shape index (κ2) is 5.28. The predicted octanol–water partition coefficient (Wildman–Crippen LogP) is 3.10. The number of benzene rings is 1. The van der Waals surface area contributed by atoms with Crippen molar-refractivity contribution in [1.29, 1.82) is 0 Å². The summed E-state index contributed by atoms with van der Waals surface area (Å²) >= 11 is 0. The lowest BCUT2D eigenvalue weighted by atomic mass is 10.2. The molecule has 104 valence electrons. The maximum Gasteiger partial charge on any atom is 0.431 e. The highest BCUT2D eigenvalue weighted by Gasteiger charge is 2.32. The van der Waals surface area contributed by atoms with Gasteiger partial charge in [-0.05, 0) is 24.3 Å². The molecule has 0 aliphatic heterocycles. The number of aromatic nitrogens is 2. The van der Waals surface area contributed by atoms with E-state index in [0.29, 0.717) is 6.07 Å². The molecule has 0 amide bonds. The quantitative estimate of drug-likeness (QED) is 0.861. The lowest BCUT2D eigenvalue weighted by Crippen LogP contribution is -2.19. The molecular formula is C13H8F4N2O. The van der Waals surface area contributed by atoms with Crippen LogP contribution in [0, 0.1) is 5.82 Å². The number of rotatable bonds is 2. The highest BCUT2D eigenvalue weighted by Crippen LogP contribution is 2.27. The van der Waals surface area contributed by atoms with Crippen LogP contribution in [0.2, 0.25) is 0 Å². The molecule has 2 rings (SSSR count). The fourth-order valence-corrected chi connectivity index (χ4v) is 1.50. The van der Waals surface area contributed by atoms with Crippen LogP contribution >= 0.6 is 0 Å². The summed E-state index contributed by atoms with van der Waals surface area (Å²) in [6, 6.07) is 6.41. The summed E-state index contributed by atoms with van der Waals surface area (Å²) in [5.74, 6) is -0.523. The summed E-state index contributed by atoms with van der Waals surface area (Å²) < 4.78 is 50.8. The number of nitrogens with one attached hydrogen (secondary N) is 1. The van der Waals surface area contributed by atoms with Crippen LogP contribution in [0.5, 0.6) is 0 Å². The lowest BCUT2D eigenvalue weighted by Gasteiger charge is -2.05. The molecule has 0 aliphatic carbocycles. The van der Waals surface area contributed by atoms with Crippen molar-refractivity contribution in [2.45, 2.75) is 6.18 Å². The van der Waals surface area contributed by atoms with E-state index in [2.05, 4.69) is 4.98 Å². The van der Waals surface area contributed by atoms with E-state index in [9.17, 15) is 22.4 Å². The number of aromatic amines is 1. The molecule has 1 aromatic heterocycles. The SMILES string of the molecule is O=c1nc(C=Cc2ccccc2F)cc(C(F)(F)F)[nH]1. The van der Waals surface area contributed by atoms with Crippen LogP contribution in [-0.4, -0.2) is 9.97 Å². The summed E-state index contributed by atoms with van der Waals surface area (Å²) in [7, 11) is 0. The summed E-state index contributed by atoms with van der Waals surface area (Å²) in [5, 5.41) is 0. The lowest BCUT2D eigenvalue weighted by molar-refractivity contribution is -0.141. The Bertz CT molecular complexity index is 704. The first-order valence-corrected chi connectivity index (χ1v) is 5.47. The van der Waals surface area contributed by atoms with Crippen LogP contribution in [0.3, 0.4) is 0 Å². The number of alkyl halides is 3. The van der Waals surface area contributed by atoms with Crippen molar-refractivity contribution in [3.8, 4) is 0 Å². The van der Waals surface area contributed by atoms with Gasteiger partial charge in [0.2, 0.25) is 0 Å². The van der Waals surface area contributed by atoms with Crippen LogP contribution < -0.4 is 5.69 Å². The van der Waals surface area contributed by atoms with Gasteiger partial charge in [0.05, 0.1) is 5.69 Å². The van der Waals surface area contributed by atoms with Gasteiger partial charge in [-0.15, -0.1) is 0 Å². The minimum absolute atomic E-state index is 0.183.